The Kier molecular flexibility index (Phi) is 4.97. The summed E-state index contributed by atoms with van der Waals surface area (Å²) in [5.41, 5.74) is 2.42. The van der Waals surface area contributed by atoms with Gasteiger partial charge in [-0.25, -0.2) is 0 Å². The molecule has 0 aromatic heterocycles. The van der Waals surface area contributed by atoms with Crippen molar-refractivity contribution in [2.75, 3.05) is 30.9 Å². The molecule has 0 radical (unpaired) electrons. The Morgan fingerprint density at radius 1 is 1.45 bits per heavy atom. The Labute approximate surface area is 130 Å². The molecule has 20 heavy (non-hydrogen) atoms. The first-order valence-corrected chi connectivity index (χ1v) is 8.10. The number of nitrogens with one attached hydrogen (secondary N) is 1. The Morgan fingerprint density at radius 3 is 2.85 bits per heavy atom. The summed E-state index contributed by atoms with van der Waals surface area (Å²) in [6.45, 7) is 5.26. The smallest absolute Gasteiger partial charge is 0.0671 e. The molecule has 112 valence electrons. The number of hydrogen-bond acceptors (Lipinski definition) is 3. The number of benzene rings is 1. The van der Waals surface area contributed by atoms with Crippen LogP contribution < -0.4 is 10.2 Å². The van der Waals surface area contributed by atoms with Gasteiger partial charge in [-0.3, -0.25) is 0 Å². The molecular weight excluding hydrogens is 316 g/mol. The summed E-state index contributed by atoms with van der Waals surface area (Å²) in [5.74, 6) is 0. The van der Waals surface area contributed by atoms with Crippen LogP contribution >= 0.6 is 15.9 Å². The van der Waals surface area contributed by atoms with E-state index in [2.05, 4.69) is 72.3 Å². The predicted molar refractivity (Wildman–Crippen MR) is 89.8 cm³/mol. The van der Waals surface area contributed by atoms with Crippen LogP contribution in [0.2, 0.25) is 0 Å². The van der Waals surface area contributed by atoms with E-state index in [0.717, 1.165) is 30.3 Å². The second-order valence-electron chi connectivity index (χ2n) is 6.04. The average Bonchev–Trinajstić information content (AvgIpc) is 2.38. The van der Waals surface area contributed by atoms with E-state index >= 15 is 0 Å². The molecule has 0 spiro atoms. The fourth-order valence-electron chi connectivity index (χ4n) is 2.73. The van der Waals surface area contributed by atoms with Gasteiger partial charge in [-0.15, -0.1) is 0 Å². The molecule has 0 saturated carbocycles. The van der Waals surface area contributed by atoms with E-state index in [1.54, 1.807) is 0 Å². The van der Waals surface area contributed by atoms with Gasteiger partial charge in [0.05, 0.1) is 17.0 Å². The molecule has 1 fully saturated rings. The van der Waals surface area contributed by atoms with Gasteiger partial charge in [-0.2, -0.15) is 0 Å². The average molecular weight is 341 g/mol. The molecule has 2 unspecified atom stereocenters. The van der Waals surface area contributed by atoms with E-state index in [-0.39, 0.29) is 5.60 Å². The number of anilines is 2. The molecule has 0 bridgehead atoms. The van der Waals surface area contributed by atoms with Gasteiger partial charge >= 0.3 is 0 Å². The Balaban J connectivity index is 2.15. The largest absolute Gasteiger partial charge is 0.380 e. The first-order valence-electron chi connectivity index (χ1n) is 7.31. The summed E-state index contributed by atoms with van der Waals surface area (Å²) >= 11 is 3.56. The summed E-state index contributed by atoms with van der Waals surface area (Å²) in [4.78, 5) is 2.15. The van der Waals surface area contributed by atoms with E-state index < -0.39 is 0 Å². The van der Waals surface area contributed by atoms with E-state index in [9.17, 15) is 0 Å². The van der Waals surface area contributed by atoms with Gasteiger partial charge in [0.1, 0.15) is 0 Å². The Hall–Kier alpha value is -0.740. The molecule has 0 amide bonds. The molecule has 1 aromatic carbocycles. The van der Waals surface area contributed by atoms with Crippen molar-refractivity contribution >= 4 is 27.3 Å². The molecule has 1 heterocycles. The summed E-state index contributed by atoms with van der Waals surface area (Å²) in [5, 5.41) is 3.71. The predicted octanol–water partition coefficient (Wildman–Crippen LogP) is 4.27. The van der Waals surface area contributed by atoms with Crippen LogP contribution in [-0.2, 0) is 4.74 Å². The maximum absolute atomic E-state index is 5.92. The topological polar surface area (TPSA) is 24.5 Å². The van der Waals surface area contributed by atoms with Gasteiger partial charge in [-0.1, -0.05) is 22.9 Å². The van der Waals surface area contributed by atoms with Gasteiger partial charge < -0.3 is 15.0 Å². The quantitative estimate of drug-likeness (QED) is 0.885. The van der Waals surface area contributed by atoms with Gasteiger partial charge in [0.2, 0.25) is 0 Å². The summed E-state index contributed by atoms with van der Waals surface area (Å²) in [7, 11) is 4.16. The standard InChI is InChI=1S/C16H25BrN2O/c1-5-16(2)11-13(8-9-20-16)18-14-10-12(17)6-7-15(14)19(3)4/h6-7,10,13,18H,5,8-9,11H2,1-4H3. The minimum Gasteiger partial charge on any atom is -0.380 e. The number of rotatable bonds is 4. The number of hydrogen-bond donors (Lipinski definition) is 1. The third kappa shape index (κ3) is 3.67. The van der Waals surface area contributed by atoms with Crippen LogP contribution in [-0.4, -0.2) is 32.3 Å². The third-order valence-electron chi connectivity index (χ3n) is 4.14. The van der Waals surface area contributed by atoms with Crippen molar-refractivity contribution in [3.8, 4) is 0 Å². The first kappa shape index (κ1) is 15.6. The molecule has 1 aromatic rings. The number of nitrogens with zero attached hydrogens (tertiary/aromatic N) is 1. The minimum atomic E-state index is 0.0141. The van der Waals surface area contributed by atoms with Crippen LogP contribution in [0.25, 0.3) is 0 Å². The molecular formula is C16H25BrN2O. The molecule has 1 N–H and O–H groups in total. The Morgan fingerprint density at radius 2 is 2.20 bits per heavy atom. The van der Waals surface area contributed by atoms with E-state index in [1.807, 2.05) is 0 Å². The van der Waals surface area contributed by atoms with E-state index in [4.69, 9.17) is 4.74 Å². The summed E-state index contributed by atoms with van der Waals surface area (Å²) < 4.78 is 7.03. The lowest BCUT2D eigenvalue weighted by Crippen LogP contribution is -2.42. The van der Waals surface area contributed by atoms with Crippen molar-refractivity contribution in [2.45, 2.75) is 44.8 Å². The molecule has 1 aliphatic rings. The van der Waals surface area contributed by atoms with Gasteiger partial charge in [0, 0.05) is 31.2 Å². The van der Waals surface area contributed by atoms with Crippen molar-refractivity contribution in [3.05, 3.63) is 22.7 Å². The molecule has 4 heteroatoms. The van der Waals surface area contributed by atoms with Crippen LogP contribution in [0.1, 0.15) is 33.1 Å². The molecule has 2 rings (SSSR count). The molecule has 2 atom stereocenters. The SMILES string of the molecule is CCC1(C)CC(Nc2cc(Br)ccc2N(C)C)CCO1. The summed E-state index contributed by atoms with van der Waals surface area (Å²) in [6.07, 6.45) is 3.18. The van der Waals surface area contributed by atoms with Crippen molar-refractivity contribution < 1.29 is 4.74 Å². The lowest BCUT2D eigenvalue weighted by Gasteiger charge is -2.38. The lowest BCUT2D eigenvalue weighted by molar-refractivity contribution is -0.0708. The monoisotopic (exact) mass is 340 g/mol. The first-order chi connectivity index (χ1) is 9.43. The molecule has 1 aliphatic heterocycles. The fourth-order valence-corrected chi connectivity index (χ4v) is 3.09. The summed E-state index contributed by atoms with van der Waals surface area (Å²) in [6, 6.07) is 6.86. The zero-order valence-electron chi connectivity index (χ0n) is 12.9. The van der Waals surface area contributed by atoms with Gasteiger partial charge in [0.25, 0.3) is 0 Å². The second-order valence-corrected chi connectivity index (χ2v) is 6.96. The highest BCUT2D eigenvalue weighted by Crippen LogP contribution is 2.33. The van der Waals surface area contributed by atoms with E-state index in [0.29, 0.717) is 6.04 Å². The maximum Gasteiger partial charge on any atom is 0.0671 e. The highest BCUT2D eigenvalue weighted by molar-refractivity contribution is 9.10. The zero-order valence-corrected chi connectivity index (χ0v) is 14.5. The minimum absolute atomic E-state index is 0.0141. The van der Waals surface area contributed by atoms with Crippen LogP contribution in [0.15, 0.2) is 22.7 Å². The third-order valence-corrected chi connectivity index (χ3v) is 4.64. The van der Waals surface area contributed by atoms with Crippen LogP contribution in [0.5, 0.6) is 0 Å². The van der Waals surface area contributed by atoms with Crippen LogP contribution in [0, 0.1) is 0 Å². The molecule has 1 saturated heterocycles. The lowest BCUT2D eigenvalue weighted by atomic mass is 9.90. The number of ether oxygens (including phenoxy) is 1. The highest BCUT2D eigenvalue weighted by atomic mass is 79.9. The van der Waals surface area contributed by atoms with Crippen molar-refractivity contribution in [1.82, 2.24) is 0 Å². The zero-order chi connectivity index (χ0) is 14.8. The van der Waals surface area contributed by atoms with Gasteiger partial charge in [0.15, 0.2) is 0 Å². The second kappa shape index (κ2) is 6.35. The Bertz CT molecular complexity index is 464. The van der Waals surface area contributed by atoms with Crippen LogP contribution in [0.3, 0.4) is 0 Å². The normalized spacial score (nSPS) is 26.4. The maximum atomic E-state index is 5.92. The van der Waals surface area contributed by atoms with Crippen molar-refractivity contribution in [1.29, 1.82) is 0 Å². The number of halogens is 1. The van der Waals surface area contributed by atoms with Gasteiger partial charge in [-0.05, 0) is 44.4 Å². The van der Waals surface area contributed by atoms with Crippen LogP contribution in [0.4, 0.5) is 11.4 Å². The molecule has 3 nitrogen and oxygen atoms in total. The van der Waals surface area contributed by atoms with E-state index in [1.165, 1.54) is 11.4 Å². The fraction of sp³-hybridized carbons (Fsp3) is 0.625. The van der Waals surface area contributed by atoms with Crippen molar-refractivity contribution in [2.24, 2.45) is 0 Å². The highest BCUT2D eigenvalue weighted by Gasteiger charge is 2.31. The van der Waals surface area contributed by atoms with Crippen molar-refractivity contribution in [3.63, 3.8) is 0 Å². The molecule has 0 aliphatic carbocycles.